The van der Waals surface area contributed by atoms with Crippen LogP contribution in [0.15, 0.2) is 36.7 Å². The maximum atomic E-state index is 12.6. The molecule has 0 spiro atoms. The molecule has 1 fully saturated rings. The summed E-state index contributed by atoms with van der Waals surface area (Å²) >= 11 is 0. The molecule has 2 heterocycles. The molecule has 2 aromatic rings. The van der Waals surface area contributed by atoms with Crippen molar-refractivity contribution in [3.8, 4) is 5.75 Å². The summed E-state index contributed by atoms with van der Waals surface area (Å²) in [4.78, 5) is 21.1. The average molecular weight is 394 g/mol. The number of para-hydroxylation sites is 1. The van der Waals surface area contributed by atoms with Crippen LogP contribution >= 0.6 is 0 Å². The predicted octanol–water partition coefficient (Wildman–Crippen LogP) is 3.07. The SMILES string of the molecule is COc1ccccc1[C@@H](CNC(=O)c1cnc(C(F)(F)F)nc1)N1CCCC1. The van der Waals surface area contributed by atoms with Crippen LogP contribution in [0, 0.1) is 0 Å². The van der Waals surface area contributed by atoms with Gasteiger partial charge in [0, 0.05) is 24.5 Å². The smallest absolute Gasteiger partial charge is 0.451 e. The normalized spacial score (nSPS) is 16.0. The molecular formula is C19H21F3N4O2. The fourth-order valence-electron chi connectivity index (χ4n) is 3.31. The lowest BCUT2D eigenvalue weighted by Crippen LogP contribution is -2.37. The van der Waals surface area contributed by atoms with Gasteiger partial charge in [-0.1, -0.05) is 18.2 Å². The molecule has 1 aromatic heterocycles. The topological polar surface area (TPSA) is 67.3 Å². The summed E-state index contributed by atoms with van der Waals surface area (Å²) < 4.78 is 43.1. The molecule has 3 rings (SSSR count). The van der Waals surface area contributed by atoms with E-state index in [1.807, 2.05) is 24.3 Å². The van der Waals surface area contributed by atoms with E-state index in [0.717, 1.165) is 49.6 Å². The summed E-state index contributed by atoms with van der Waals surface area (Å²) in [6, 6.07) is 7.51. The van der Waals surface area contributed by atoms with Gasteiger partial charge in [-0.05, 0) is 32.0 Å². The van der Waals surface area contributed by atoms with Crippen LogP contribution in [0.3, 0.4) is 0 Å². The summed E-state index contributed by atoms with van der Waals surface area (Å²) in [5, 5.41) is 2.79. The van der Waals surface area contributed by atoms with Crippen LogP contribution in [-0.2, 0) is 6.18 Å². The van der Waals surface area contributed by atoms with Gasteiger partial charge in [-0.15, -0.1) is 0 Å². The fraction of sp³-hybridized carbons (Fsp3) is 0.421. The average Bonchev–Trinajstić information content (AvgIpc) is 3.22. The molecule has 1 aliphatic rings. The summed E-state index contributed by atoms with van der Waals surface area (Å²) in [7, 11) is 1.60. The number of carbonyl (C=O) groups excluding carboxylic acids is 1. The quantitative estimate of drug-likeness (QED) is 0.816. The van der Waals surface area contributed by atoms with E-state index in [9.17, 15) is 18.0 Å². The standard InChI is InChI=1S/C19H21F3N4O2/c1-28-16-7-3-2-6-14(16)15(26-8-4-5-9-26)12-23-17(27)13-10-24-18(25-11-13)19(20,21)22/h2-3,6-7,10-11,15H,4-5,8-9,12H2,1H3,(H,23,27)/t15-/m1/s1. The van der Waals surface area contributed by atoms with E-state index < -0.39 is 17.9 Å². The number of hydrogen-bond acceptors (Lipinski definition) is 5. The molecule has 6 nitrogen and oxygen atoms in total. The number of nitrogens with one attached hydrogen (secondary N) is 1. The largest absolute Gasteiger partial charge is 0.496 e. The van der Waals surface area contributed by atoms with Crippen LogP contribution in [0.4, 0.5) is 13.2 Å². The van der Waals surface area contributed by atoms with E-state index in [0.29, 0.717) is 6.54 Å². The summed E-state index contributed by atoms with van der Waals surface area (Å²) in [5.41, 5.74) is 0.934. The van der Waals surface area contributed by atoms with E-state index in [-0.39, 0.29) is 11.6 Å². The van der Waals surface area contributed by atoms with Crippen LogP contribution in [-0.4, -0.2) is 47.5 Å². The van der Waals surface area contributed by atoms with Gasteiger partial charge in [0.15, 0.2) is 0 Å². The third-order valence-corrected chi connectivity index (χ3v) is 4.70. The molecule has 0 aliphatic carbocycles. The molecule has 1 amide bonds. The second-order valence-electron chi connectivity index (χ2n) is 6.50. The molecule has 0 bridgehead atoms. The Hall–Kier alpha value is -2.68. The molecule has 1 N–H and O–H groups in total. The predicted molar refractivity (Wildman–Crippen MR) is 95.9 cm³/mol. The van der Waals surface area contributed by atoms with Crippen LogP contribution in [0.25, 0.3) is 0 Å². The number of alkyl halides is 3. The van der Waals surface area contributed by atoms with E-state index in [4.69, 9.17) is 4.74 Å². The zero-order valence-electron chi connectivity index (χ0n) is 15.4. The van der Waals surface area contributed by atoms with Gasteiger partial charge < -0.3 is 10.1 Å². The monoisotopic (exact) mass is 394 g/mol. The second-order valence-corrected chi connectivity index (χ2v) is 6.50. The van der Waals surface area contributed by atoms with Crippen molar-refractivity contribution in [3.63, 3.8) is 0 Å². The Labute approximate surface area is 160 Å². The lowest BCUT2D eigenvalue weighted by atomic mass is 10.0. The zero-order valence-corrected chi connectivity index (χ0v) is 15.4. The second kappa shape index (κ2) is 8.55. The van der Waals surface area contributed by atoms with Crippen molar-refractivity contribution in [2.24, 2.45) is 0 Å². The Morgan fingerprint density at radius 2 is 1.86 bits per heavy atom. The number of carbonyl (C=O) groups is 1. The Kier molecular flexibility index (Phi) is 6.13. The van der Waals surface area contributed by atoms with Crippen molar-refractivity contribution in [2.45, 2.75) is 25.1 Å². The molecule has 28 heavy (non-hydrogen) atoms. The van der Waals surface area contributed by atoms with Crippen molar-refractivity contribution in [1.82, 2.24) is 20.2 Å². The van der Waals surface area contributed by atoms with Gasteiger partial charge in [0.05, 0.1) is 18.7 Å². The van der Waals surface area contributed by atoms with Gasteiger partial charge in [-0.25, -0.2) is 9.97 Å². The molecule has 1 atom stereocenters. The van der Waals surface area contributed by atoms with Crippen LogP contribution in [0.2, 0.25) is 0 Å². The highest BCUT2D eigenvalue weighted by molar-refractivity contribution is 5.93. The van der Waals surface area contributed by atoms with Crippen molar-refractivity contribution in [2.75, 3.05) is 26.7 Å². The summed E-state index contributed by atoms with van der Waals surface area (Å²) in [6.07, 6.45) is -0.712. The molecule has 150 valence electrons. The summed E-state index contributed by atoms with van der Waals surface area (Å²) in [6.45, 7) is 2.10. The van der Waals surface area contributed by atoms with Gasteiger partial charge in [-0.2, -0.15) is 13.2 Å². The molecule has 1 aromatic carbocycles. The zero-order chi connectivity index (χ0) is 20.1. The number of ether oxygens (including phenoxy) is 1. The third kappa shape index (κ3) is 4.59. The molecular weight excluding hydrogens is 373 g/mol. The highest BCUT2D eigenvalue weighted by Gasteiger charge is 2.34. The minimum absolute atomic E-state index is 0.0202. The minimum atomic E-state index is -4.64. The summed E-state index contributed by atoms with van der Waals surface area (Å²) in [5.74, 6) is -1.06. The van der Waals surface area contributed by atoms with Crippen LogP contribution in [0.5, 0.6) is 5.75 Å². The van der Waals surface area contributed by atoms with E-state index in [2.05, 4.69) is 20.2 Å². The van der Waals surface area contributed by atoms with Gasteiger partial charge in [-0.3, -0.25) is 9.69 Å². The van der Waals surface area contributed by atoms with Crippen molar-refractivity contribution >= 4 is 5.91 Å². The first-order valence-corrected chi connectivity index (χ1v) is 8.94. The van der Waals surface area contributed by atoms with E-state index >= 15 is 0 Å². The molecule has 1 aliphatic heterocycles. The fourth-order valence-corrected chi connectivity index (χ4v) is 3.31. The maximum absolute atomic E-state index is 12.6. The Balaban J connectivity index is 1.74. The molecule has 9 heteroatoms. The number of hydrogen-bond donors (Lipinski definition) is 1. The first kappa shape index (κ1) is 20.1. The third-order valence-electron chi connectivity index (χ3n) is 4.70. The Bertz CT molecular complexity index is 806. The molecule has 0 radical (unpaired) electrons. The number of methoxy groups -OCH3 is 1. The number of halogens is 3. The maximum Gasteiger partial charge on any atom is 0.451 e. The number of benzene rings is 1. The van der Waals surface area contributed by atoms with Gasteiger partial charge in [0.1, 0.15) is 5.75 Å². The highest BCUT2D eigenvalue weighted by atomic mass is 19.4. The van der Waals surface area contributed by atoms with Crippen molar-refractivity contribution in [3.05, 3.63) is 53.6 Å². The lowest BCUT2D eigenvalue weighted by Gasteiger charge is -2.29. The molecule has 0 saturated carbocycles. The van der Waals surface area contributed by atoms with E-state index in [1.165, 1.54) is 0 Å². The van der Waals surface area contributed by atoms with E-state index in [1.54, 1.807) is 7.11 Å². The van der Waals surface area contributed by atoms with Crippen molar-refractivity contribution < 1.29 is 22.7 Å². The molecule has 0 unspecified atom stereocenters. The highest BCUT2D eigenvalue weighted by Crippen LogP contribution is 2.31. The minimum Gasteiger partial charge on any atom is -0.496 e. The first-order chi connectivity index (χ1) is 13.4. The van der Waals surface area contributed by atoms with Crippen molar-refractivity contribution in [1.29, 1.82) is 0 Å². The molecule has 1 saturated heterocycles. The lowest BCUT2D eigenvalue weighted by molar-refractivity contribution is -0.145. The van der Waals surface area contributed by atoms with Gasteiger partial charge in [0.25, 0.3) is 5.91 Å². The number of nitrogens with zero attached hydrogens (tertiary/aromatic N) is 3. The number of rotatable bonds is 6. The van der Waals surface area contributed by atoms with Gasteiger partial charge >= 0.3 is 6.18 Å². The number of amides is 1. The Morgan fingerprint density at radius 3 is 2.46 bits per heavy atom. The Morgan fingerprint density at radius 1 is 1.21 bits per heavy atom. The number of aromatic nitrogens is 2. The number of likely N-dealkylation sites (tertiary alicyclic amines) is 1. The van der Waals surface area contributed by atoms with Crippen LogP contribution < -0.4 is 10.1 Å². The van der Waals surface area contributed by atoms with Crippen LogP contribution in [0.1, 0.15) is 40.6 Å². The van der Waals surface area contributed by atoms with Gasteiger partial charge in [0.2, 0.25) is 5.82 Å². The first-order valence-electron chi connectivity index (χ1n) is 8.94.